The lowest BCUT2D eigenvalue weighted by Gasteiger charge is -2.35. The standard InChI is InChI=1S/C23H23F3N6O2/c1-12-3-4-18(20-27-7-13(2)34-20)19(31-12)21(33)32-11-15-5-14(15)6-17(32)10-30-22-28-8-16(9-29-22)23(24,25)26/h3-4,7-9,14-15,17H,5-6,10-11H2,1-2H3,(H,28,29,30). The van der Waals surface area contributed by atoms with Crippen LogP contribution in [0.1, 0.15) is 40.3 Å². The third-order valence-corrected chi connectivity index (χ3v) is 6.34. The fourth-order valence-electron chi connectivity index (χ4n) is 4.43. The zero-order valence-corrected chi connectivity index (χ0v) is 18.6. The van der Waals surface area contributed by atoms with E-state index in [2.05, 4.69) is 25.3 Å². The van der Waals surface area contributed by atoms with E-state index < -0.39 is 11.7 Å². The second-order valence-electron chi connectivity index (χ2n) is 8.90. The average Bonchev–Trinajstić information content (AvgIpc) is 3.44. The number of carbonyl (C=O) groups is 1. The van der Waals surface area contributed by atoms with Gasteiger partial charge in [-0.25, -0.2) is 19.9 Å². The Hall–Kier alpha value is -3.50. The molecule has 34 heavy (non-hydrogen) atoms. The van der Waals surface area contributed by atoms with Crippen LogP contribution in [0.4, 0.5) is 19.1 Å². The number of aromatic nitrogens is 4. The van der Waals surface area contributed by atoms with Gasteiger partial charge in [0, 0.05) is 37.2 Å². The van der Waals surface area contributed by atoms with Crippen LogP contribution in [0.3, 0.4) is 0 Å². The molecular formula is C23H23F3N6O2. The number of hydrogen-bond acceptors (Lipinski definition) is 7. The lowest BCUT2D eigenvalue weighted by atomic mass is 10.0. The van der Waals surface area contributed by atoms with Crippen LogP contribution >= 0.6 is 0 Å². The molecule has 1 N–H and O–H groups in total. The van der Waals surface area contributed by atoms with E-state index in [0.29, 0.717) is 47.8 Å². The SMILES string of the molecule is Cc1ccc(-c2ncc(C)o2)c(C(=O)N2CC3CC3CC2CNc2ncc(C(F)(F)F)cn2)n1. The Bertz CT molecular complexity index is 1210. The molecule has 3 unspecified atom stereocenters. The van der Waals surface area contributed by atoms with Crippen LogP contribution in [0.5, 0.6) is 0 Å². The van der Waals surface area contributed by atoms with E-state index >= 15 is 0 Å². The van der Waals surface area contributed by atoms with Crippen molar-refractivity contribution in [1.29, 1.82) is 0 Å². The van der Waals surface area contributed by atoms with Crippen molar-refractivity contribution in [2.75, 3.05) is 18.4 Å². The van der Waals surface area contributed by atoms with Crippen LogP contribution in [0.15, 0.2) is 35.1 Å². The number of halogens is 3. The number of likely N-dealkylation sites (tertiary alicyclic amines) is 1. The fraction of sp³-hybridized carbons (Fsp3) is 0.435. The van der Waals surface area contributed by atoms with Crippen LogP contribution in [0.2, 0.25) is 0 Å². The summed E-state index contributed by atoms with van der Waals surface area (Å²) in [6.45, 7) is 4.51. The molecule has 2 fully saturated rings. The number of oxazole rings is 1. The number of alkyl halides is 3. The average molecular weight is 472 g/mol. The summed E-state index contributed by atoms with van der Waals surface area (Å²) in [5.41, 5.74) is 0.591. The van der Waals surface area contributed by atoms with Gasteiger partial charge in [-0.15, -0.1) is 0 Å². The molecule has 1 saturated heterocycles. The summed E-state index contributed by atoms with van der Waals surface area (Å²) in [5, 5.41) is 2.99. The second kappa shape index (κ2) is 8.37. The summed E-state index contributed by atoms with van der Waals surface area (Å²) < 4.78 is 44.0. The molecule has 3 aromatic rings. The number of rotatable bonds is 5. The van der Waals surface area contributed by atoms with Gasteiger partial charge in [0.2, 0.25) is 11.8 Å². The van der Waals surface area contributed by atoms with Gasteiger partial charge in [0.25, 0.3) is 5.91 Å². The van der Waals surface area contributed by atoms with Crippen LogP contribution in [-0.2, 0) is 6.18 Å². The molecule has 2 aliphatic rings. The van der Waals surface area contributed by atoms with Crippen molar-refractivity contribution >= 4 is 11.9 Å². The van der Waals surface area contributed by atoms with Crippen LogP contribution < -0.4 is 5.32 Å². The van der Waals surface area contributed by atoms with Gasteiger partial charge in [0.1, 0.15) is 11.5 Å². The molecule has 0 aromatic carbocycles. The molecule has 3 aromatic heterocycles. The van der Waals surface area contributed by atoms with Crippen molar-refractivity contribution in [1.82, 2.24) is 24.8 Å². The van der Waals surface area contributed by atoms with Crippen LogP contribution in [0, 0.1) is 25.7 Å². The number of nitrogens with zero attached hydrogens (tertiary/aromatic N) is 5. The van der Waals surface area contributed by atoms with Crippen LogP contribution in [0.25, 0.3) is 11.5 Å². The minimum absolute atomic E-state index is 0.0861. The van der Waals surface area contributed by atoms with Gasteiger partial charge in [-0.2, -0.15) is 13.2 Å². The number of nitrogens with one attached hydrogen (secondary N) is 1. The summed E-state index contributed by atoms with van der Waals surface area (Å²) in [5.74, 6) is 1.83. The number of pyridine rings is 1. The molecule has 1 saturated carbocycles. The van der Waals surface area contributed by atoms with Crippen molar-refractivity contribution in [3.05, 3.63) is 53.4 Å². The predicted molar refractivity (Wildman–Crippen MR) is 116 cm³/mol. The third-order valence-electron chi connectivity index (χ3n) is 6.34. The molecule has 1 amide bonds. The third kappa shape index (κ3) is 4.46. The summed E-state index contributed by atoms with van der Waals surface area (Å²) >= 11 is 0. The summed E-state index contributed by atoms with van der Waals surface area (Å²) in [6.07, 6.45) is 0.448. The van der Waals surface area contributed by atoms with E-state index in [-0.39, 0.29) is 23.6 Å². The largest absolute Gasteiger partial charge is 0.441 e. The summed E-state index contributed by atoms with van der Waals surface area (Å²) in [7, 11) is 0. The van der Waals surface area contributed by atoms with Crippen LogP contribution in [-0.4, -0.2) is 49.9 Å². The first kappa shape index (κ1) is 22.3. The minimum Gasteiger partial charge on any atom is -0.441 e. The molecule has 4 heterocycles. The molecule has 0 radical (unpaired) electrons. The first-order chi connectivity index (χ1) is 16.2. The topological polar surface area (TPSA) is 97.0 Å². The summed E-state index contributed by atoms with van der Waals surface area (Å²) in [6, 6.07) is 3.41. The highest BCUT2D eigenvalue weighted by Crippen LogP contribution is 2.47. The number of anilines is 1. The number of carbonyl (C=O) groups excluding carboxylic acids is 1. The maximum absolute atomic E-state index is 13.7. The highest BCUT2D eigenvalue weighted by molar-refractivity contribution is 5.98. The van der Waals surface area contributed by atoms with Gasteiger partial charge >= 0.3 is 6.18 Å². The minimum atomic E-state index is -4.49. The normalized spacial score (nSPS) is 21.8. The Morgan fingerprint density at radius 2 is 1.88 bits per heavy atom. The highest BCUT2D eigenvalue weighted by Gasteiger charge is 2.47. The molecular weight excluding hydrogens is 449 g/mol. The van der Waals surface area contributed by atoms with Crippen molar-refractivity contribution in [2.45, 2.75) is 38.9 Å². The Morgan fingerprint density at radius 3 is 2.56 bits per heavy atom. The predicted octanol–water partition coefficient (Wildman–Crippen LogP) is 4.12. The van der Waals surface area contributed by atoms with E-state index in [9.17, 15) is 18.0 Å². The number of aryl methyl sites for hydroxylation is 2. The first-order valence-electron chi connectivity index (χ1n) is 11.0. The Labute approximate surface area is 193 Å². The van der Waals surface area contributed by atoms with E-state index in [1.165, 1.54) is 0 Å². The monoisotopic (exact) mass is 472 g/mol. The number of piperidine rings is 1. The van der Waals surface area contributed by atoms with Gasteiger partial charge in [-0.05, 0) is 50.7 Å². The molecule has 5 rings (SSSR count). The molecule has 0 spiro atoms. The lowest BCUT2D eigenvalue weighted by Crippen LogP contribution is -2.48. The van der Waals surface area contributed by atoms with Crippen molar-refractivity contribution < 1.29 is 22.4 Å². The van der Waals surface area contributed by atoms with Crippen molar-refractivity contribution in [3.63, 3.8) is 0 Å². The molecule has 0 bridgehead atoms. The Balaban J connectivity index is 1.37. The van der Waals surface area contributed by atoms with E-state index in [0.717, 1.165) is 25.2 Å². The number of hydrogen-bond donors (Lipinski definition) is 1. The fourth-order valence-corrected chi connectivity index (χ4v) is 4.43. The van der Waals surface area contributed by atoms with Gasteiger partial charge in [0.05, 0.1) is 17.3 Å². The Morgan fingerprint density at radius 1 is 1.12 bits per heavy atom. The van der Waals surface area contributed by atoms with Gasteiger partial charge in [-0.1, -0.05) is 0 Å². The Kier molecular flexibility index (Phi) is 5.49. The van der Waals surface area contributed by atoms with Gasteiger partial charge in [-0.3, -0.25) is 4.79 Å². The lowest BCUT2D eigenvalue weighted by molar-refractivity contribution is -0.138. The quantitative estimate of drug-likeness (QED) is 0.597. The van der Waals surface area contributed by atoms with E-state index in [1.54, 1.807) is 30.2 Å². The first-order valence-corrected chi connectivity index (χ1v) is 11.0. The molecule has 8 nitrogen and oxygen atoms in total. The van der Waals surface area contributed by atoms with E-state index in [4.69, 9.17) is 4.42 Å². The zero-order valence-electron chi connectivity index (χ0n) is 18.6. The van der Waals surface area contributed by atoms with Gasteiger partial charge < -0.3 is 14.6 Å². The molecule has 3 atom stereocenters. The zero-order chi connectivity index (χ0) is 24.0. The smallest absolute Gasteiger partial charge is 0.419 e. The second-order valence-corrected chi connectivity index (χ2v) is 8.90. The van der Waals surface area contributed by atoms with Crippen molar-refractivity contribution in [3.8, 4) is 11.5 Å². The number of amides is 1. The molecule has 1 aliphatic carbocycles. The van der Waals surface area contributed by atoms with Crippen molar-refractivity contribution in [2.24, 2.45) is 11.8 Å². The number of fused-ring (bicyclic) bond motifs is 1. The molecule has 11 heteroatoms. The maximum Gasteiger partial charge on any atom is 0.419 e. The maximum atomic E-state index is 13.7. The summed E-state index contributed by atoms with van der Waals surface area (Å²) in [4.78, 5) is 31.8. The molecule has 1 aliphatic heterocycles. The van der Waals surface area contributed by atoms with Gasteiger partial charge in [0.15, 0.2) is 0 Å². The molecule has 178 valence electrons. The van der Waals surface area contributed by atoms with E-state index in [1.807, 2.05) is 6.92 Å². The highest BCUT2D eigenvalue weighted by atomic mass is 19.4.